The van der Waals surface area contributed by atoms with Crippen LogP contribution >= 0.6 is 12.2 Å². The Balaban J connectivity index is 3.83. The van der Waals surface area contributed by atoms with Crippen molar-refractivity contribution in [1.29, 1.82) is 0 Å². The number of hydrogen-bond donors (Lipinski definition) is 2. The van der Waals surface area contributed by atoms with E-state index in [9.17, 15) is 4.79 Å². The van der Waals surface area contributed by atoms with Crippen molar-refractivity contribution < 1.29 is 9.90 Å². The lowest BCUT2D eigenvalue weighted by Crippen LogP contribution is -2.35. The van der Waals surface area contributed by atoms with Gasteiger partial charge in [-0.2, -0.15) is 0 Å². The van der Waals surface area contributed by atoms with Crippen LogP contribution in [0.3, 0.4) is 0 Å². The number of aliphatic carboxylic acids is 1. The highest BCUT2D eigenvalue weighted by Gasteiger charge is 2.11. The molecule has 0 spiro atoms. The number of carboxylic acid groups (broad SMARTS) is 1. The predicted octanol–water partition coefficient (Wildman–Crippen LogP) is -0.212. The summed E-state index contributed by atoms with van der Waals surface area (Å²) in [5, 5.41) is 8.14. The van der Waals surface area contributed by atoms with Crippen molar-refractivity contribution in [3.63, 3.8) is 0 Å². The zero-order valence-electron chi connectivity index (χ0n) is 4.42. The first-order valence-corrected chi connectivity index (χ1v) is 2.45. The van der Waals surface area contributed by atoms with E-state index in [0.717, 1.165) is 0 Å². The van der Waals surface area contributed by atoms with E-state index in [-0.39, 0.29) is 0 Å². The Bertz CT molecular complexity index is 109. The Morgan fingerprint density at radius 1 is 1.88 bits per heavy atom. The van der Waals surface area contributed by atoms with E-state index in [1.54, 1.807) is 0 Å². The Labute approximate surface area is 52.5 Å². The smallest absolute Gasteiger partial charge is 0.325 e. The van der Waals surface area contributed by atoms with Gasteiger partial charge in [0.25, 0.3) is 0 Å². The summed E-state index contributed by atoms with van der Waals surface area (Å²) in [6.45, 7) is 1.51. The highest BCUT2D eigenvalue weighted by Crippen LogP contribution is 1.82. The fraction of sp³-hybridized carbons (Fsp3) is 0.500. The molecule has 3 N–H and O–H groups in total. The molecule has 1 unspecified atom stereocenters. The number of carbonyl (C=O) groups is 1. The first kappa shape index (κ1) is 7.52. The molecule has 4 heteroatoms. The second-order valence-electron chi connectivity index (χ2n) is 1.43. The quantitative estimate of drug-likeness (QED) is 0.511. The van der Waals surface area contributed by atoms with Gasteiger partial charge in [0, 0.05) is 4.86 Å². The molecule has 3 nitrogen and oxygen atoms in total. The van der Waals surface area contributed by atoms with E-state index in [1.165, 1.54) is 6.92 Å². The molecular formula is C4H7NO2S. The van der Waals surface area contributed by atoms with Crippen LogP contribution in [0.4, 0.5) is 0 Å². The van der Waals surface area contributed by atoms with Gasteiger partial charge in [0.05, 0.1) is 0 Å². The zero-order valence-corrected chi connectivity index (χ0v) is 5.23. The van der Waals surface area contributed by atoms with E-state index in [1.807, 2.05) is 0 Å². The maximum atomic E-state index is 9.93. The molecule has 0 aliphatic carbocycles. The Morgan fingerprint density at radius 3 is 2.25 bits per heavy atom. The number of rotatable bonds is 2. The summed E-state index contributed by atoms with van der Waals surface area (Å²) in [7, 11) is 0. The highest BCUT2D eigenvalue weighted by atomic mass is 32.1. The third-order valence-corrected chi connectivity index (χ3v) is 0.958. The van der Waals surface area contributed by atoms with Gasteiger partial charge in [-0.3, -0.25) is 4.79 Å². The molecule has 0 aliphatic rings. The van der Waals surface area contributed by atoms with E-state index in [0.29, 0.717) is 4.86 Å². The standard InChI is InChI=1S/C4H7NO2S/c1-2(8)3(5)4(6)7/h3H,5H2,1H3,(H,6,7). The van der Waals surface area contributed by atoms with Crippen molar-refractivity contribution in [2.75, 3.05) is 0 Å². The maximum absolute atomic E-state index is 9.93. The number of thiocarbonyl (C=S) groups is 1. The molecule has 0 aromatic heterocycles. The van der Waals surface area contributed by atoms with Gasteiger partial charge in [0.1, 0.15) is 6.04 Å². The van der Waals surface area contributed by atoms with Gasteiger partial charge in [-0.05, 0) is 6.92 Å². The maximum Gasteiger partial charge on any atom is 0.325 e. The van der Waals surface area contributed by atoms with Crippen molar-refractivity contribution in [2.45, 2.75) is 13.0 Å². The third-order valence-electron chi connectivity index (χ3n) is 0.704. The van der Waals surface area contributed by atoms with Crippen LogP contribution in [0.25, 0.3) is 0 Å². The van der Waals surface area contributed by atoms with Crippen molar-refractivity contribution in [3.8, 4) is 0 Å². The lowest BCUT2D eigenvalue weighted by atomic mass is 10.2. The number of hydrogen-bond acceptors (Lipinski definition) is 3. The summed E-state index contributed by atoms with van der Waals surface area (Å²) in [6.07, 6.45) is 0. The molecule has 0 aromatic carbocycles. The third kappa shape index (κ3) is 1.99. The van der Waals surface area contributed by atoms with Crippen LogP contribution in [0.15, 0.2) is 0 Å². The highest BCUT2D eigenvalue weighted by molar-refractivity contribution is 7.80. The van der Waals surface area contributed by atoms with Gasteiger partial charge < -0.3 is 10.8 Å². The van der Waals surface area contributed by atoms with Crippen LogP contribution in [-0.4, -0.2) is 22.0 Å². The lowest BCUT2D eigenvalue weighted by Gasteiger charge is -1.99. The average molecular weight is 133 g/mol. The lowest BCUT2D eigenvalue weighted by molar-refractivity contribution is -0.136. The molecule has 0 saturated heterocycles. The molecular weight excluding hydrogens is 126 g/mol. The molecule has 0 saturated carbocycles. The van der Waals surface area contributed by atoms with Crippen molar-refractivity contribution in [2.24, 2.45) is 5.73 Å². The summed E-state index contributed by atoms with van der Waals surface area (Å²) in [5.41, 5.74) is 5.02. The van der Waals surface area contributed by atoms with Crippen LogP contribution in [0.5, 0.6) is 0 Å². The molecule has 0 radical (unpaired) electrons. The number of nitrogens with two attached hydrogens (primary N) is 1. The molecule has 0 bridgehead atoms. The minimum absolute atomic E-state index is 0.303. The fourth-order valence-electron chi connectivity index (χ4n) is 0.174. The van der Waals surface area contributed by atoms with Crippen molar-refractivity contribution >= 4 is 23.1 Å². The van der Waals surface area contributed by atoms with Gasteiger partial charge in [-0.1, -0.05) is 12.2 Å². The van der Waals surface area contributed by atoms with E-state index >= 15 is 0 Å². The van der Waals surface area contributed by atoms with Crippen LogP contribution in [0, 0.1) is 0 Å². The Morgan fingerprint density at radius 2 is 2.25 bits per heavy atom. The first-order valence-electron chi connectivity index (χ1n) is 2.04. The Hall–Kier alpha value is -0.480. The normalized spacial score (nSPS) is 12.8. The zero-order chi connectivity index (χ0) is 6.73. The van der Waals surface area contributed by atoms with E-state index in [2.05, 4.69) is 12.2 Å². The molecule has 0 aliphatic heterocycles. The minimum atomic E-state index is -1.07. The molecule has 1 atom stereocenters. The fourth-order valence-corrected chi connectivity index (χ4v) is 0.275. The topological polar surface area (TPSA) is 63.3 Å². The second kappa shape index (κ2) is 2.74. The SMILES string of the molecule is CC(=S)C(N)C(=O)O. The average Bonchev–Trinajstić information content (AvgIpc) is 1.64. The molecule has 0 heterocycles. The summed E-state index contributed by atoms with van der Waals surface area (Å²) < 4.78 is 0. The molecule has 8 heavy (non-hydrogen) atoms. The summed E-state index contributed by atoms with van der Waals surface area (Å²) in [4.78, 5) is 10.2. The summed E-state index contributed by atoms with van der Waals surface area (Å²) >= 11 is 4.49. The van der Waals surface area contributed by atoms with Crippen molar-refractivity contribution in [1.82, 2.24) is 0 Å². The van der Waals surface area contributed by atoms with E-state index in [4.69, 9.17) is 10.8 Å². The van der Waals surface area contributed by atoms with Gasteiger partial charge in [-0.15, -0.1) is 0 Å². The van der Waals surface area contributed by atoms with Crippen LogP contribution in [-0.2, 0) is 4.79 Å². The molecule has 0 fully saturated rings. The summed E-state index contributed by atoms with van der Waals surface area (Å²) in [6, 6.07) is -0.981. The van der Waals surface area contributed by atoms with Gasteiger partial charge >= 0.3 is 5.97 Å². The molecule has 46 valence electrons. The van der Waals surface area contributed by atoms with Crippen LogP contribution in [0.1, 0.15) is 6.92 Å². The molecule has 0 aromatic rings. The largest absolute Gasteiger partial charge is 0.480 e. The minimum Gasteiger partial charge on any atom is -0.480 e. The first-order chi connectivity index (χ1) is 3.55. The van der Waals surface area contributed by atoms with Crippen LogP contribution in [0.2, 0.25) is 0 Å². The van der Waals surface area contributed by atoms with Gasteiger partial charge in [-0.25, -0.2) is 0 Å². The Kier molecular flexibility index (Phi) is 2.57. The summed E-state index contributed by atoms with van der Waals surface area (Å²) in [5.74, 6) is -1.07. The van der Waals surface area contributed by atoms with Crippen molar-refractivity contribution in [3.05, 3.63) is 0 Å². The second-order valence-corrected chi connectivity index (χ2v) is 2.07. The monoisotopic (exact) mass is 133 g/mol. The number of carboxylic acids is 1. The van der Waals surface area contributed by atoms with E-state index < -0.39 is 12.0 Å². The van der Waals surface area contributed by atoms with Gasteiger partial charge in [0.15, 0.2) is 0 Å². The molecule has 0 amide bonds. The van der Waals surface area contributed by atoms with Gasteiger partial charge in [0.2, 0.25) is 0 Å². The predicted molar refractivity (Wildman–Crippen MR) is 33.9 cm³/mol. The molecule has 0 rings (SSSR count). The van der Waals surface area contributed by atoms with Crippen LogP contribution < -0.4 is 5.73 Å².